The maximum atomic E-state index is 5.67. The number of hydrogen-bond acceptors (Lipinski definition) is 6. The van der Waals surface area contributed by atoms with E-state index < -0.39 is 0 Å². The Morgan fingerprint density at radius 2 is 2.22 bits per heavy atom. The van der Waals surface area contributed by atoms with Crippen molar-refractivity contribution in [2.24, 2.45) is 12.9 Å². The summed E-state index contributed by atoms with van der Waals surface area (Å²) in [7, 11) is 1.83. The summed E-state index contributed by atoms with van der Waals surface area (Å²) in [6.07, 6.45) is 2.49. The minimum Gasteiger partial charge on any atom is -0.271 e. The molecule has 2 heterocycles. The molecule has 0 saturated carbocycles. The molecule has 1 unspecified atom stereocenters. The van der Waals surface area contributed by atoms with Gasteiger partial charge in [-0.05, 0) is 19.4 Å². The fourth-order valence-electron chi connectivity index (χ4n) is 1.95. The van der Waals surface area contributed by atoms with E-state index >= 15 is 0 Å². The molecule has 0 aliphatic rings. The number of nitrogens with zero attached hydrogens (tertiary/aromatic N) is 5. The Hall–Kier alpha value is -1.86. The van der Waals surface area contributed by atoms with Crippen LogP contribution in [-0.4, -0.2) is 25.2 Å². The highest BCUT2D eigenvalue weighted by molar-refractivity contribution is 5.30. The number of nitrogens with two attached hydrogens (primary N) is 1. The first kappa shape index (κ1) is 12.6. The van der Waals surface area contributed by atoms with Gasteiger partial charge >= 0.3 is 0 Å². The molecule has 96 valence electrons. The lowest BCUT2D eigenvalue weighted by molar-refractivity contribution is 0.562. The second kappa shape index (κ2) is 5.19. The Morgan fingerprint density at radius 3 is 2.78 bits per heavy atom. The van der Waals surface area contributed by atoms with Crippen LogP contribution in [0.2, 0.25) is 0 Å². The molecule has 0 aromatic carbocycles. The Balaban J connectivity index is 2.51. The van der Waals surface area contributed by atoms with Crippen LogP contribution >= 0.6 is 0 Å². The molecular weight excluding hydrogens is 230 g/mol. The SMILES string of the molecule is CCc1nnc(C)cc1C(NN)c1cnnn1C. The van der Waals surface area contributed by atoms with Gasteiger partial charge in [0.1, 0.15) is 0 Å². The number of hydrogen-bond donors (Lipinski definition) is 2. The quantitative estimate of drug-likeness (QED) is 0.584. The fraction of sp³-hybridized carbons (Fsp3) is 0.455. The lowest BCUT2D eigenvalue weighted by Crippen LogP contribution is -2.31. The second-order valence-corrected chi connectivity index (χ2v) is 4.12. The van der Waals surface area contributed by atoms with Crippen LogP contribution in [0.1, 0.15) is 35.6 Å². The summed E-state index contributed by atoms with van der Waals surface area (Å²) in [5, 5.41) is 16.1. The summed E-state index contributed by atoms with van der Waals surface area (Å²) in [4.78, 5) is 0. The molecule has 2 rings (SSSR count). The predicted molar refractivity (Wildman–Crippen MR) is 66.3 cm³/mol. The van der Waals surface area contributed by atoms with Crippen molar-refractivity contribution in [3.63, 3.8) is 0 Å². The van der Waals surface area contributed by atoms with Gasteiger partial charge in [-0.1, -0.05) is 12.1 Å². The third-order valence-electron chi connectivity index (χ3n) is 2.88. The molecule has 18 heavy (non-hydrogen) atoms. The molecule has 0 fully saturated rings. The summed E-state index contributed by atoms with van der Waals surface area (Å²) in [5.41, 5.74) is 6.48. The van der Waals surface area contributed by atoms with Gasteiger partial charge < -0.3 is 0 Å². The summed E-state index contributed by atoms with van der Waals surface area (Å²) >= 11 is 0. The maximum Gasteiger partial charge on any atom is 0.0913 e. The van der Waals surface area contributed by atoms with E-state index in [-0.39, 0.29) is 6.04 Å². The average molecular weight is 247 g/mol. The molecule has 0 bridgehead atoms. The van der Waals surface area contributed by atoms with Gasteiger partial charge in [-0.3, -0.25) is 10.5 Å². The van der Waals surface area contributed by atoms with E-state index in [0.717, 1.165) is 29.1 Å². The minimum atomic E-state index is -0.186. The lowest BCUT2D eigenvalue weighted by Gasteiger charge is -2.18. The molecule has 0 amide bonds. The molecular formula is C11H17N7. The zero-order chi connectivity index (χ0) is 13.1. The molecule has 0 radical (unpaired) electrons. The highest BCUT2D eigenvalue weighted by Crippen LogP contribution is 2.23. The van der Waals surface area contributed by atoms with Crippen LogP contribution in [0.5, 0.6) is 0 Å². The highest BCUT2D eigenvalue weighted by Gasteiger charge is 2.20. The van der Waals surface area contributed by atoms with Crippen molar-refractivity contribution in [1.29, 1.82) is 0 Å². The standard InChI is InChI=1S/C11H17N7/c1-4-9-8(5-7(2)15-16-9)11(14-12)10-6-13-17-18(10)3/h5-6,11,14H,4,12H2,1-3H3. The van der Waals surface area contributed by atoms with Gasteiger partial charge in [0.05, 0.1) is 29.3 Å². The van der Waals surface area contributed by atoms with E-state index in [9.17, 15) is 0 Å². The van der Waals surface area contributed by atoms with Crippen LogP contribution in [0, 0.1) is 6.92 Å². The van der Waals surface area contributed by atoms with Crippen molar-refractivity contribution in [3.05, 3.63) is 34.9 Å². The molecule has 7 heteroatoms. The third-order valence-corrected chi connectivity index (χ3v) is 2.88. The summed E-state index contributed by atoms with van der Waals surface area (Å²) in [6, 6.07) is 1.80. The van der Waals surface area contributed by atoms with Crippen molar-refractivity contribution in [3.8, 4) is 0 Å². The van der Waals surface area contributed by atoms with Crippen molar-refractivity contribution in [2.45, 2.75) is 26.3 Å². The molecule has 3 N–H and O–H groups in total. The average Bonchev–Trinajstić information content (AvgIpc) is 2.77. The minimum absolute atomic E-state index is 0.186. The Labute approximate surface area is 105 Å². The monoisotopic (exact) mass is 247 g/mol. The summed E-state index contributed by atoms with van der Waals surface area (Å²) in [5.74, 6) is 5.67. The molecule has 0 saturated heterocycles. The molecule has 0 spiro atoms. The van der Waals surface area contributed by atoms with Crippen LogP contribution in [-0.2, 0) is 13.5 Å². The Bertz CT molecular complexity index is 534. The van der Waals surface area contributed by atoms with Crippen molar-refractivity contribution < 1.29 is 0 Å². The van der Waals surface area contributed by atoms with Gasteiger partial charge in [0.25, 0.3) is 0 Å². The van der Waals surface area contributed by atoms with E-state index in [4.69, 9.17) is 5.84 Å². The van der Waals surface area contributed by atoms with E-state index in [1.165, 1.54) is 0 Å². The van der Waals surface area contributed by atoms with Crippen LogP contribution in [0.3, 0.4) is 0 Å². The third kappa shape index (κ3) is 2.22. The number of hydrazine groups is 1. The predicted octanol–water partition coefficient (Wildman–Crippen LogP) is 0.0286. The number of nitrogens with one attached hydrogen (secondary N) is 1. The zero-order valence-electron chi connectivity index (χ0n) is 10.8. The van der Waals surface area contributed by atoms with Gasteiger partial charge in [0, 0.05) is 12.6 Å². The van der Waals surface area contributed by atoms with Gasteiger partial charge in [-0.25, -0.2) is 5.43 Å². The Morgan fingerprint density at radius 1 is 1.44 bits per heavy atom. The van der Waals surface area contributed by atoms with Gasteiger partial charge in [-0.2, -0.15) is 10.2 Å². The normalized spacial score (nSPS) is 12.7. The molecule has 2 aromatic heterocycles. The Kier molecular flexibility index (Phi) is 3.63. The van der Waals surface area contributed by atoms with E-state index in [1.807, 2.05) is 27.0 Å². The first-order chi connectivity index (χ1) is 8.67. The first-order valence-electron chi connectivity index (χ1n) is 5.81. The molecule has 0 aliphatic carbocycles. The molecule has 1 atom stereocenters. The maximum absolute atomic E-state index is 5.67. The lowest BCUT2D eigenvalue weighted by atomic mass is 10.0. The van der Waals surface area contributed by atoms with Gasteiger partial charge in [0.2, 0.25) is 0 Å². The first-order valence-corrected chi connectivity index (χ1v) is 5.81. The number of aryl methyl sites for hydroxylation is 3. The van der Waals surface area contributed by atoms with E-state index in [2.05, 4.69) is 25.9 Å². The van der Waals surface area contributed by atoms with Gasteiger partial charge in [-0.15, -0.1) is 5.10 Å². The van der Waals surface area contributed by atoms with Crippen molar-refractivity contribution >= 4 is 0 Å². The smallest absolute Gasteiger partial charge is 0.0913 e. The number of rotatable bonds is 4. The van der Waals surface area contributed by atoms with Gasteiger partial charge in [0.15, 0.2) is 0 Å². The topological polar surface area (TPSA) is 94.5 Å². The molecule has 2 aromatic rings. The molecule has 0 aliphatic heterocycles. The van der Waals surface area contributed by atoms with Crippen LogP contribution in [0.15, 0.2) is 12.3 Å². The second-order valence-electron chi connectivity index (χ2n) is 4.12. The summed E-state index contributed by atoms with van der Waals surface area (Å²) < 4.78 is 1.69. The van der Waals surface area contributed by atoms with Crippen LogP contribution in [0.4, 0.5) is 0 Å². The summed E-state index contributed by atoms with van der Waals surface area (Å²) in [6.45, 7) is 3.95. The number of aromatic nitrogens is 5. The van der Waals surface area contributed by atoms with E-state index in [1.54, 1.807) is 10.9 Å². The van der Waals surface area contributed by atoms with Crippen molar-refractivity contribution in [2.75, 3.05) is 0 Å². The van der Waals surface area contributed by atoms with Crippen LogP contribution < -0.4 is 11.3 Å². The zero-order valence-corrected chi connectivity index (χ0v) is 10.8. The fourth-order valence-corrected chi connectivity index (χ4v) is 1.95. The van der Waals surface area contributed by atoms with Crippen molar-refractivity contribution in [1.82, 2.24) is 30.6 Å². The van der Waals surface area contributed by atoms with E-state index in [0.29, 0.717) is 0 Å². The highest BCUT2D eigenvalue weighted by atomic mass is 15.4. The molecule has 7 nitrogen and oxygen atoms in total. The largest absolute Gasteiger partial charge is 0.271 e. The van der Waals surface area contributed by atoms with Crippen LogP contribution in [0.25, 0.3) is 0 Å².